The molecule has 0 fully saturated rings. The Morgan fingerprint density at radius 2 is 0.981 bits per heavy atom. The number of furan rings is 1. The third-order valence-corrected chi connectivity index (χ3v) is 10.2. The Balaban J connectivity index is 1.23. The van der Waals surface area contributed by atoms with Gasteiger partial charge in [-0.1, -0.05) is 127 Å². The highest BCUT2D eigenvalue weighted by molar-refractivity contribution is 6.16. The number of hydrogen-bond donors (Lipinski definition) is 0. The van der Waals surface area contributed by atoms with Gasteiger partial charge in [-0.15, -0.1) is 0 Å². The van der Waals surface area contributed by atoms with Crippen molar-refractivity contribution in [3.8, 4) is 39.9 Å². The molecule has 242 valence electrons. The Hall–Kier alpha value is -7.11. The van der Waals surface area contributed by atoms with Crippen LogP contribution in [0.1, 0.15) is 0 Å². The molecular formula is C47H28N4O. The maximum Gasteiger partial charge on any atom is 0.164 e. The fraction of sp³-hybridized carbons (Fsp3) is 0. The minimum atomic E-state index is 0.594. The largest absolute Gasteiger partial charge is 0.454 e. The summed E-state index contributed by atoms with van der Waals surface area (Å²) in [6.07, 6.45) is 0. The van der Waals surface area contributed by atoms with E-state index in [4.69, 9.17) is 19.4 Å². The maximum atomic E-state index is 6.74. The summed E-state index contributed by atoms with van der Waals surface area (Å²) in [4.78, 5) is 15.4. The van der Waals surface area contributed by atoms with Crippen LogP contribution in [0.4, 0.5) is 0 Å². The summed E-state index contributed by atoms with van der Waals surface area (Å²) in [5.41, 5.74) is 7.52. The van der Waals surface area contributed by atoms with Gasteiger partial charge in [0.25, 0.3) is 0 Å². The molecule has 0 N–H and O–H groups in total. The minimum absolute atomic E-state index is 0.594. The van der Waals surface area contributed by atoms with Crippen molar-refractivity contribution in [3.05, 3.63) is 170 Å². The molecular weight excluding hydrogens is 637 g/mol. The van der Waals surface area contributed by atoms with Crippen molar-refractivity contribution in [1.29, 1.82) is 0 Å². The molecule has 0 spiro atoms. The predicted molar refractivity (Wildman–Crippen MR) is 213 cm³/mol. The van der Waals surface area contributed by atoms with Gasteiger partial charge >= 0.3 is 0 Å². The van der Waals surface area contributed by atoms with Gasteiger partial charge < -0.3 is 8.98 Å². The second-order valence-electron chi connectivity index (χ2n) is 13.3. The van der Waals surface area contributed by atoms with Crippen molar-refractivity contribution >= 4 is 65.3 Å². The maximum absolute atomic E-state index is 6.74. The summed E-state index contributed by atoms with van der Waals surface area (Å²) in [6, 6.07) is 59.2. The highest BCUT2D eigenvalue weighted by atomic mass is 16.3. The summed E-state index contributed by atoms with van der Waals surface area (Å²) >= 11 is 0. The van der Waals surface area contributed by atoms with Crippen LogP contribution in [-0.4, -0.2) is 19.5 Å². The quantitative estimate of drug-likeness (QED) is 0.188. The first kappa shape index (κ1) is 28.7. The number of aromatic nitrogens is 4. The van der Waals surface area contributed by atoms with Gasteiger partial charge in [0.2, 0.25) is 0 Å². The van der Waals surface area contributed by atoms with Crippen molar-refractivity contribution in [1.82, 2.24) is 19.5 Å². The smallest absolute Gasteiger partial charge is 0.164 e. The standard InChI is InChI=1S/C47H28N4O/c1-2-13-30(14-3-1)45-48-46(34-23-22-29-12-4-5-15-31(29)24-34)50-47(49-45)35-26-39-37-19-9-11-21-43(37)52-44(39)42(28-35)51-40-20-10-8-18-36(40)38-25-32-16-6-7-17-33(32)27-41(38)51/h1-28H. The lowest BCUT2D eigenvalue weighted by Gasteiger charge is -2.13. The molecule has 3 heterocycles. The Bertz CT molecular complexity index is 3190. The number of rotatable bonds is 4. The van der Waals surface area contributed by atoms with E-state index in [9.17, 15) is 0 Å². The van der Waals surface area contributed by atoms with Gasteiger partial charge in [-0.2, -0.15) is 0 Å². The van der Waals surface area contributed by atoms with Gasteiger partial charge in [0.05, 0.1) is 16.7 Å². The average Bonchev–Trinajstić information content (AvgIpc) is 3.75. The van der Waals surface area contributed by atoms with Gasteiger partial charge in [0, 0.05) is 38.2 Å². The monoisotopic (exact) mass is 664 g/mol. The fourth-order valence-corrected chi connectivity index (χ4v) is 7.70. The first-order chi connectivity index (χ1) is 25.7. The molecule has 8 aromatic carbocycles. The van der Waals surface area contributed by atoms with Gasteiger partial charge in [0.1, 0.15) is 5.58 Å². The Labute approximate surface area is 298 Å². The van der Waals surface area contributed by atoms with Crippen LogP contribution in [0.15, 0.2) is 174 Å². The third-order valence-electron chi connectivity index (χ3n) is 10.2. The van der Waals surface area contributed by atoms with Crippen LogP contribution in [-0.2, 0) is 0 Å². The molecule has 0 bridgehead atoms. The van der Waals surface area contributed by atoms with Crippen LogP contribution in [0.25, 0.3) is 105 Å². The first-order valence-electron chi connectivity index (χ1n) is 17.4. The molecule has 0 aliphatic rings. The summed E-state index contributed by atoms with van der Waals surface area (Å²) in [6.45, 7) is 0. The van der Waals surface area contributed by atoms with Crippen LogP contribution in [0.2, 0.25) is 0 Å². The molecule has 11 rings (SSSR count). The summed E-state index contributed by atoms with van der Waals surface area (Å²) in [5, 5.41) is 9.11. The van der Waals surface area contributed by atoms with E-state index in [2.05, 4.69) is 132 Å². The van der Waals surface area contributed by atoms with Crippen LogP contribution in [0.5, 0.6) is 0 Å². The van der Waals surface area contributed by atoms with E-state index in [0.717, 1.165) is 60.7 Å². The number of benzene rings is 8. The van der Waals surface area contributed by atoms with Crippen molar-refractivity contribution in [2.75, 3.05) is 0 Å². The van der Waals surface area contributed by atoms with Crippen LogP contribution < -0.4 is 0 Å². The molecule has 3 aromatic heterocycles. The second kappa shape index (κ2) is 11.2. The Morgan fingerprint density at radius 1 is 0.365 bits per heavy atom. The van der Waals surface area contributed by atoms with Crippen LogP contribution in [0.3, 0.4) is 0 Å². The van der Waals surface area contributed by atoms with E-state index in [1.54, 1.807) is 0 Å². The lowest BCUT2D eigenvalue weighted by atomic mass is 10.1. The molecule has 0 amide bonds. The molecule has 52 heavy (non-hydrogen) atoms. The van der Waals surface area contributed by atoms with Crippen molar-refractivity contribution in [3.63, 3.8) is 0 Å². The van der Waals surface area contributed by atoms with E-state index in [1.165, 1.54) is 26.9 Å². The molecule has 0 aliphatic carbocycles. The molecule has 0 unspecified atom stereocenters. The lowest BCUT2D eigenvalue weighted by Crippen LogP contribution is -2.01. The zero-order chi connectivity index (χ0) is 34.2. The molecule has 0 atom stereocenters. The van der Waals surface area contributed by atoms with Gasteiger partial charge in [-0.05, 0) is 64.0 Å². The predicted octanol–water partition coefficient (Wildman–Crippen LogP) is 12.2. The Kier molecular flexibility index (Phi) is 6.18. The van der Waals surface area contributed by atoms with Crippen LogP contribution in [0, 0.1) is 0 Å². The van der Waals surface area contributed by atoms with Crippen LogP contribution >= 0.6 is 0 Å². The van der Waals surface area contributed by atoms with Gasteiger partial charge in [0.15, 0.2) is 23.1 Å². The number of nitrogens with zero attached hydrogens (tertiary/aromatic N) is 4. The highest BCUT2D eigenvalue weighted by Crippen LogP contribution is 2.41. The highest BCUT2D eigenvalue weighted by Gasteiger charge is 2.22. The van der Waals surface area contributed by atoms with Gasteiger partial charge in [-0.25, -0.2) is 15.0 Å². The molecule has 0 aliphatic heterocycles. The molecule has 5 nitrogen and oxygen atoms in total. The Morgan fingerprint density at radius 3 is 1.79 bits per heavy atom. The topological polar surface area (TPSA) is 56.7 Å². The van der Waals surface area contributed by atoms with E-state index in [0.29, 0.717) is 17.5 Å². The normalized spacial score (nSPS) is 11.8. The van der Waals surface area contributed by atoms with E-state index in [1.807, 2.05) is 42.5 Å². The van der Waals surface area contributed by atoms with Gasteiger partial charge in [-0.3, -0.25) is 0 Å². The van der Waals surface area contributed by atoms with Crippen molar-refractivity contribution < 1.29 is 4.42 Å². The average molecular weight is 665 g/mol. The van der Waals surface area contributed by atoms with E-state index in [-0.39, 0.29) is 0 Å². The summed E-state index contributed by atoms with van der Waals surface area (Å²) < 4.78 is 9.08. The van der Waals surface area contributed by atoms with E-state index >= 15 is 0 Å². The number of para-hydroxylation sites is 2. The molecule has 5 heteroatoms. The SMILES string of the molecule is c1ccc(-c2nc(-c3ccc4ccccc4c3)nc(-c3cc(-n4c5ccccc5c5cc6ccccc6cc54)c4oc5ccccc5c4c3)n2)cc1. The number of hydrogen-bond acceptors (Lipinski definition) is 4. The first-order valence-corrected chi connectivity index (χ1v) is 17.4. The van der Waals surface area contributed by atoms with Crippen molar-refractivity contribution in [2.24, 2.45) is 0 Å². The summed E-state index contributed by atoms with van der Waals surface area (Å²) in [5.74, 6) is 1.84. The second-order valence-corrected chi connectivity index (χ2v) is 13.3. The van der Waals surface area contributed by atoms with E-state index < -0.39 is 0 Å². The fourth-order valence-electron chi connectivity index (χ4n) is 7.70. The zero-order valence-corrected chi connectivity index (χ0v) is 27.9. The molecule has 0 saturated carbocycles. The lowest BCUT2D eigenvalue weighted by molar-refractivity contribution is 0.666. The number of fused-ring (bicyclic) bond motifs is 8. The molecule has 0 saturated heterocycles. The minimum Gasteiger partial charge on any atom is -0.454 e. The molecule has 0 radical (unpaired) electrons. The van der Waals surface area contributed by atoms with Crippen molar-refractivity contribution in [2.45, 2.75) is 0 Å². The third kappa shape index (κ3) is 4.46. The summed E-state index contributed by atoms with van der Waals surface area (Å²) in [7, 11) is 0. The molecule has 11 aromatic rings. The zero-order valence-electron chi connectivity index (χ0n) is 27.9.